The Bertz CT molecular complexity index is 847. The minimum absolute atomic E-state index is 0.0268. The summed E-state index contributed by atoms with van der Waals surface area (Å²) in [5.74, 6) is 6.84. The zero-order chi connectivity index (χ0) is 19.3. The van der Waals surface area contributed by atoms with E-state index in [-0.39, 0.29) is 12.1 Å². The number of pyridine rings is 1. The molecule has 0 aliphatic carbocycles. The van der Waals surface area contributed by atoms with E-state index in [1.807, 2.05) is 57.2 Å². The molecule has 1 aromatic carbocycles. The van der Waals surface area contributed by atoms with E-state index < -0.39 is 5.60 Å². The van der Waals surface area contributed by atoms with Crippen LogP contribution < -0.4 is 4.74 Å². The number of likely N-dealkylation sites (tertiary alicyclic amines) is 1. The molecule has 1 saturated heterocycles. The molecule has 0 unspecified atom stereocenters. The summed E-state index contributed by atoms with van der Waals surface area (Å²) in [5.41, 5.74) is 1.24. The number of carbonyl (C=O) groups is 1. The van der Waals surface area contributed by atoms with Gasteiger partial charge in [-0.05, 0) is 45.4 Å². The SMILES string of the molecule is CC(C)(C)OC(=O)N1CC[C@@H]1COc1cncc(C#Cc2ccccc2)c1. The van der Waals surface area contributed by atoms with E-state index >= 15 is 0 Å². The molecule has 140 valence electrons. The molecule has 0 spiro atoms. The maximum atomic E-state index is 12.2. The number of ether oxygens (including phenoxy) is 2. The van der Waals surface area contributed by atoms with Crippen molar-refractivity contribution < 1.29 is 14.3 Å². The van der Waals surface area contributed by atoms with Crippen LogP contribution in [0, 0.1) is 11.8 Å². The summed E-state index contributed by atoms with van der Waals surface area (Å²) in [6, 6.07) is 11.7. The summed E-state index contributed by atoms with van der Waals surface area (Å²) >= 11 is 0. The molecule has 0 bridgehead atoms. The normalized spacial score (nSPS) is 16.0. The highest BCUT2D eigenvalue weighted by Gasteiger charge is 2.35. The van der Waals surface area contributed by atoms with Crippen molar-refractivity contribution in [2.24, 2.45) is 0 Å². The van der Waals surface area contributed by atoms with Crippen molar-refractivity contribution in [3.63, 3.8) is 0 Å². The second-order valence-corrected chi connectivity index (χ2v) is 7.45. The van der Waals surface area contributed by atoms with Crippen LogP contribution in [-0.4, -0.2) is 40.8 Å². The molecule has 1 atom stereocenters. The van der Waals surface area contributed by atoms with Crippen LogP contribution in [0.15, 0.2) is 48.8 Å². The smallest absolute Gasteiger partial charge is 0.410 e. The fourth-order valence-corrected chi connectivity index (χ4v) is 2.60. The van der Waals surface area contributed by atoms with E-state index in [9.17, 15) is 4.79 Å². The summed E-state index contributed by atoms with van der Waals surface area (Å²) in [4.78, 5) is 18.0. The Kier molecular flexibility index (Phi) is 5.66. The van der Waals surface area contributed by atoms with Gasteiger partial charge in [-0.25, -0.2) is 4.79 Å². The zero-order valence-corrected chi connectivity index (χ0v) is 15.9. The summed E-state index contributed by atoms with van der Waals surface area (Å²) in [5, 5.41) is 0. The van der Waals surface area contributed by atoms with Crippen LogP contribution in [0.25, 0.3) is 0 Å². The number of hydrogen-bond acceptors (Lipinski definition) is 4. The Morgan fingerprint density at radius 2 is 1.93 bits per heavy atom. The van der Waals surface area contributed by atoms with Crippen molar-refractivity contribution >= 4 is 6.09 Å². The lowest BCUT2D eigenvalue weighted by Gasteiger charge is -2.40. The van der Waals surface area contributed by atoms with Gasteiger partial charge in [0.15, 0.2) is 0 Å². The van der Waals surface area contributed by atoms with E-state index in [0.717, 1.165) is 17.5 Å². The number of nitrogens with zero attached hydrogens (tertiary/aromatic N) is 2. The van der Waals surface area contributed by atoms with Crippen molar-refractivity contribution in [3.05, 3.63) is 59.9 Å². The predicted molar refractivity (Wildman–Crippen MR) is 103 cm³/mol. The molecule has 1 aliphatic heterocycles. The molecule has 0 saturated carbocycles. The van der Waals surface area contributed by atoms with E-state index in [0.29, 0.717) is 18.9 Å². The largest absolute Gasteiger partial charge is 0.490 e. The van der Waals surface area contributed by atoms with Gasteiger partial charge in [0.25, 0.3) is 0 Å². The molecule has 1 fully saturated rings. The van der Waals surface area contributed by atoms with Crippen LogP contribution in [0.5, 0.6) is 5.75 Å². The van der Waals surface area contributed by atoms with Gasteiger partial charge in [-0.1, -0.05) is 30.0 Å². The lowest BCUT2D eigenvalue weighted by molar-refractivity contribution is -0.0141. The molecule has 3 rings (SSSR count). The summed E-state index contributed by atoms with van der Waals surface area (Å²) in [6.45, 7) is 6.71. The van der Waals surface area contributed by atoms with E-state index in [1.54, 1.807) is 17.3 Å². The first kappa shape index (κ1) is 18.8. The molecule has 1 amide bonds. The third-order valence-electron chi connectivity index (χ3n) is 4.05. The zero-order valence-electron chi connectivity index (χ0n) is 15.9. The first-order chi connectivity index (χ1) is 12.9. The van der Waals surface area contributed by atoms with Gasteiger partial charge in [-0.3, -0.25) is 4.98 Å². The molecule has 27 heavy (non-hydrogen) atoms. The Morgan fingerprint density at radius 3 is 2.59 bits per heavy atom. The molecular formula is C22H24N2O3. The van der Waals surface area contributed by atoms with Gasteiger partial charge in [0.1, 0.15) is 18.0 Å². The molecular weight excluding hydrogens is 340 g/mol. The Labute approximate surface area is 160 Å². The third-order valence-corrected chi connectivity index (χ3v) is 4.05. The minimum Gasteiger partial charge on any atom is -0.490 e. The summed E-state index contributed by atoms with van der Waals surface area (Å²) in [6.07, 6.45) is 3.98. The highest BCUT2D eigenvalue weighted by atomic mass is 16.6. The predicted octanol–water partition coefficient (Wildman–Crippen LogP) is 3.87. The average molecular weight is 364 g/mol. The molecule has 0 N–H and O–H groups in total. The first-order valence-corrected chi connectivity index (χ1v) is 9.05. The van der Waals surface area contributed by atoms with Gasteiger partial charge in [0, 0.05) is 23.9 Å². The molecule has 5 nitrogen and oxygen atoms in total. The average Bonchev–Trinajstić information content (AvgIpc) is 2.59. The van der Waals surface area contributed by atoms with Crippen molar-refractivity contribution in [3.8, 4) is 17.6 Å². The standard InChI is InChI=1S/C22H24N2O3/c1-22(2,3)27-21(25)24-12-11-19(24)16-26-20-13-18(14-23-15-20)10-9-17-7-5-4-6-8-17/h4-8,13-15,19H,11-12,16H2,1-3H3/t19-/m1/s1. The topological polar surface area (TPSA) is 51.7 Å². The Balaban J connectivity index is 1.56. The van der Waals surface area contributed by atoms with Gasteiger partial charge < -0.3 is 14.4 Å². The van der Waals surface area contributed by atoms with Crippen LogP contribution >= 0.6 is 0 Å². The fourth-order valence-electron chi connectivity index (χ4n) is 2.60. The monoisotopic (exact) mass is 364 g/mol. The van der Waals surface area contributed by atoms with Crippen LogP contribution in [-0.2, 0) is 4.74 Å². The highest BCUT2D eigenvalue weighted by Crippen LogP contribution is 2.22. The van der Waals surface area contributed by atoms with E-state index in [1.165, 1.54) is 0 Å². The quantitative estimate of drug-likeness (QED) is 0.776. The third kappa shape index (κ3) is 5.49. The van der Waals surface area contributed by atoms with E-state index in [4.69, 9.17) is 9.47 Å². The first-order valence-electron chi connectivity index (χ1n) is 9.05. The van der Waals surface area contributed by atoms with Gasteiger partial charge in [0.2, 0.25) is 0 Å². The maximum absolute atomic E-state index is 12.2. The van der Waals surface area contributed by atoms with Crippen LogP contribution in [0.4, 0.5) is 4.79 Å². The molecule has 2 aromatic rings. The number of benzene rings is 1. The van der Waals surface area contributed by atoms with Gasteiger partial charge in [-0.2, -0.15) is 0 Å². The fraction of sp³-hybridized carbons (Fsp3) is 0.364. The van der Waals surface area contributed by atoms with E-state index in [2.05, 4.69) is 16.8 Å². The minimum atomic E-state index is -0.492. The maximum Gasteiger partial charge on any atom is 0.410 e. The van der Waals surface area contributed by atoms with Crippen molar-refractivity contribution in [1.29, 1.82) is 0 Å². The molecule has 1 aliphatic rings. The second kappa shape index (κ2) is 8.13. The van der Waals surface area contributed by atoms with Crippen LogP contribution in [0.2, 0.25) is 0 Å². The number of hydrogen-bond donors (Lipinski definition) is 0. The van der Waals surface area contributed by atoms with Gasteiger partial charge in [-0.15, -0.1) is 0 Å². The molecule has 2 heterocycles. The Hall–Kier alpha value is -3.00. The summed E-state index contributed by atoms with van der Waals surface area (Å²) in [7, 11) is 0. The second-order valence-electron chi connectivity index (χ2n) is 7.45. The van der Waals surface area contributed by atoms with Gasteiger partial charge in [0.05, 0.1) is 12.2 Å². The van der Waals surface area contributed by atoms with Crippen molar-refractivity contribution in [2.75, 3.05) is 13.2 Å². The number of amides is 1. The van der Waals surface area contributed by atoms with Crippen LogP contribution in [0.3, 0.4) is 0 Å². The molecule has 1 aromatic heterocycles. The van der Waals surface area contributed by atoms with Crippen LogP contribution in [0.1, 0.15) is 38.3 Å². The highest BCUT2D eigenvalue weighted by molar-refractivity contribution is 5.69. The van der Waals surface area contributed by atoms with Crippen molar-refractivity contribution in [1.82, 2.24) is 9.88 Å². The number of rotatable bonds is 3. The molecule has 5 heteroatoms. The molecule has 0 radical (unpaired) electrons. The number of carbonyl (C=O) groups excluding carboxylic acids is 1. The van der Waals surface area contributed by atoms with Crippen molar-refractivity contribution in [2.45, 2.75) is 38.8 Å². The summed E-state index contributed by atoms with van der Waals surface area (Å²) < 4.78 is 11.3. The lowest BCUT2D eigenvalue weighted by Crippen LogP contribution is -2.55. The lowest BCUT2D eigenvalue weighted by atomic mass is 10.1. The number of aromatic nitrogens is 1. The Morgan fingerprint density at radius 1 is 1.19 bits per heavy atom. The van der Waals surface area contributed by atoms with Gasteiger partial charge >= 0.3 is 6.09 Å².